The van der Waals surface area contributed by atoms with E-state index in [9.17, 15) is 4.79 Å². The molecule has 0 aromatic carbocycles. The molecule has 2 heterocycles. The number of fused-ring (bicyclic) bond motifs is 1. The van der Waals surface area contributed by atoms with Crippen molar-refractivity contribution in [1.29, 1.82) is 0 Å². The third-order valence-corrected chi connectivity index (χ3v) is 6.67. The summed E-state index contributed by atoms with van der Waals surface area (Å²) in [7, 11) is 0. The molecule has 0 bridgehead atoms. The van der Waals surface area contributed by atoms with Gasteiger partial charge in [0.15, 0.2) is 0 Å². The van der Waals surface area contributed by atoms with Crippen LogP contribution in [0.4, 0.5) is 0 Å². The summed E-state index contributed by atoms with van der Waals surface area (Å²) in [4.78, 5) is 17.1. The second kappa shape index (κ2) is 6.79. The highest BCUT2D eigenvalue weighted by molar-refractivity contribution is 8.03. The molecular formula is C19H24N2O2S. The predicted molar refractivity (Wildman–Crippen MR) is 94.9 cm³/mol. The van der Waals surface area contributed by atoms with Crippen LogP contribution < -0.4 is 0 Å². The molecular weight excluding hydrogens is 320 g/mol. The van der Waals surface area contributed by atoms with Gasteiger partial charge in [-0.1, -0.05) is 48.0 Å². The molecule has 2 fully saturated rings. The number of aromatic nitrogens is 1. The Morgan fingerprint density at radius 2 is 2.00 bits per heavy atom. The van der Waals surface area contributed by atoms with Crippen LogP contribution in [0.1, 0.15) is 54.8 Å². The first kappa shape index (κ1) is 16.0. The van der Waals surface area contributed by atoms with Gasteiger partial charge in [0.2, 0.25) is 5.76 Å². The normalized spacial score (nSPS) is 26.4. The first-order chi connectivity index (χ1) is 11.7. The number of aryl methyl sites for hydroxylation is 1. The summed E-state index contributed by atoms with van der Waals surface area (Å²) in [6.07, 6.45) is 13.8. The van der Waals surface area contributed by atoms with Crippen molar-refractivity contribution in [3.63, 3.8) is 0 Å². The van der Waals surface area contributed by atoms with Crippen molar-refractivity contribution < 1.29 is 9.32 Å². The molecule has 1 amide bonds. The number of amides is 1. The summed E-state index contributed by atoms with van der Waals surface area (Å²) in [6.45, 7) is 3.69. The Labute approximate surface area is 147 Å². The second-order valence-corrected chi connectivity index (χ2v) is 8.21. The van der Waals surface area contributed by atoms with Gasteiger partial charge in [-0.3, -0.25) is 4.79 Å². The molecule has 2 atom stereocenters. The van der Waals surface area contributed by atoms with E-state index in [1.807, 2.05) is 11.8 Å². The highest BCUT2D eigenvalue weighted by atomic mass is 32.2. The first-order valence-electron chi connectivity index (χ1n) is 9.02. The van der Waals surface area contributed by atoms with Crippen LogP contribution in [0.3, 0.4) is 0 Å². The van der Waals surface area contributed by atoms with E-state index in [4.69, 9.17) is 4.52 Å². The minimum atomic E-state index is 0.0212. The molecule has 1 saturated heterocycles. The van der Waals surface area contributed by atoms with Gasteiger partial charge in [0, 0.05) is 18.0 Å². The van der Waals surface area contributed by atoms with Gasteiger partial charge < -0.3 is 9.42 Å². The van der Waals surface area contributed by atoms with Crippen LogP contribution in [-0.2, 0) is 0 Å². The van der Waals surface area contributed by atoms with E-state index < -0.39 is 0 Å². The average Bonchev–Trinajstić information content (AvgIpc) is 3.20. The molecule has 0 radical (unpaired) electrons. The topological polar surface area (TPSA) is 46.3 Å². The minimum absolute atomic E-state index is 0.0212. The number of allylic oxidation sites excluding steroid dienone is 3. The average molecular weight is 344 g/mol. The standard InChI is InChI=1S/C19H24N2O2S/c1-13-18(24-16-9-3-2-4-10-16)17(23-20-13)19(22)21-11-14-7-5-6-8-15(14)12-21/h3,9-10,14-15H,2,4-8,11-12H2,1H3. The van der Waals surface area contributed by atoms with E-state index >= 15 is 0 Å². The quantitative estimate of drug-likeness (QED) is 0.806. The van der Waals surface area contributed by atoms with E-state index in [0.717, 1.165) is 36.5 Å². The molecule has 0 spiro atoms. The molecule has 128 valence electrons. The maximum absolute atomic E-state index is 13.0. The number of carbonyl (C=O) groups excluding carboxylic acids is 1. The van der Waals surface area contributed by atoms with E-state index in [1.54, 1.807) is 11.8 Å². The van der Waals surface area contributed by atoms with Crippen LogP contribution in [0.2, 0.25) is 0 Å². The lowest BCUT2D eigenvalue weighted by Gasteiger charge is -2.22. The molecule has 0 N–H and O–H groups in total. The Morgan fingerprint density at radius 1 is 1.25 bits per heavy atom. The fourth-order valence-corrected chi connectivity index (χ4v) is 5.12. The molecule has 1 aromatic rings. The van der Waals surface area contributed by atoms with Gasteiger partial charge in [-0.15, -0.1) is 0 Å². The minimum Gasteiger partial charge on any atom is -0.349 e. The fraction of sp³-hybridized carbons (Fsp3) is 0.579. The molecule has 2 aliphatic carbocycles. The molecule has 24 heavy (non-hydrogen) atoms. The summed E-state index contributed by atoms with van der Waals surface area (Å²) in [5.41, 5.74) is 0.805. The third kappa shape index (κ3) is 3.06. The maximum atomic E-state index is 13.0. The molecule has 1 aromatic heterocycles. The van der Waals surface area contributed by atoms with Crippen LogP contribution in [-0.4, -0.2) is 29.1 Å². The van der Waals surface area contributed by atoms with Gasteiger partial charge in [-0.05, 0) is 44.4 Å². The lowest BCUT2D eigenvalue weighted by atomic mass is 9.82. The highest BCUT2D eigenvalue weighted by Gasteiger charge is 2.38. The van der Waals surface area contributed by atoms with Gasteiger partial charge in [0.25, 0.3) is 5.91 Å². The predicted octanol–water partition coefficient (Wildman–Crippen LogP) is 4.57. The molecule has 1 aliphatic heterocycles. The zero-order valence-electron chi connectivity index (χ0n) is 14.2. The number of nitrogens with zero attached hydrogens (tertiary/aromatic N) is 2. The number of thioether (sulfide) groups is 1. The first-order valence-corrected chi connectivity index (χ1v) is 9.84. The van der Waals surface area contributed by atoms with Crippen molar-refractivity contribution in [3.8, 4) is 0 Å². The zero-order valence-corrected chi connectivity index (χ0v) is 15.0. The Hall–Kier alpha value is -1.49. The molecule has 5 heteroatoms. The summed E-state index contributed by atoms with van der Waals surface area (Å²) < 4.78 is 5.45. The van der Waals surface area contributed by atoms with Crippen LogP contribution in [0.25, 0.3) is 0 Å². The summed E-state index contributed by atoms with van der Waals surface area (Å²) in [6, 6.07) is 0. The van der Waals surface area contributed by atoms with Crippen LogP contribution in [0.5, 0.6) is 0 Å². The zero-order chi connectivity index (χ0) is 16.5. The van der Waals surface area contributed by atoms with Gasteiger partial charge in [0.1, 0.15) is 0 Å². The number of hydrogen-bond donors (Lipinski definition) is 0. The van der Waals surface area contributed by atoms with Crippen molar-refractivity contribution in [2.75, 3.05) is 13.1 Å². The van der Waals surface area contributed by atoms with Gasteiger partial charge in [-0.25, -0.2) is 0 Å². The molecule has 4 rings (SSSR count). The highest BCUT2D eigenvalue weighted by Crippen LogP contribution is 2.39. The number of carbonyl (C=O) groups is 1. The summed E-state index contributed by atoms with van der Waals surface area (Å²) >= 11 is 1.61. The number of hydrogen-bond acceptors (Lipinski definition) is 4. The number of rotatable bonds is 3. The van der Waals surface area contributed by atoms with E-state index in [2.05, 4.69) is 23.4 Å². The Morgan fingerprint density at radius 3 is 2.67 bits per heavy atom. The van der Waals surface area contributed by atoms with Crippen LogP contribution in [0.15, 0.2) is 32.6 Å². The van der Waals surface area contributed by atoms with E-state index in [-0.39, 0.29) is 5.91 Å². The lowest BCUT2D eigenvalue weighted by molar-refractivity contribution is 0.0737. The van der Waals surface area contributed by atoms with E-state index in [0.29, 0.717) is 17.6 Å². The van der Waals surface area contributed by atoms with Gasteiger partial charge in [0.05, 0.1) is 10.6 Å². The Kier molecular flexibility index (Phi) is 4.53. The molecule has 1 saturated carbocycles. The largest absolute Gasteiger partial charge is 0.349 e. The fourth-order valence-electron chi connectivity index (χ4n) is 4.12. The van der Waals surface area contributed by atoms with Crippen molar-refractivity contribution in [2.24, 2.45) is 11.8 Å². The third-order valence-electron chi connectivity index (χ3n) is 5.45. The van der Waals surface area contributed by atoms with E-state index in [1.165, 1.54) is 30.6 Å². The lowest BCUT2D eigenvalue weighted by Crippen LogP contribution is -2.29. The van der Waals surface area contributed by atoms with Crippen molar-refractivity contribution in [1.82, 2.24) is 10.1 Å². The molecule has 4 nitrogen and oxygen atoms in total. The smallest absolute Gasteiger partial charge is 0.293 e. The Bertz CT molecular complexity index is 678. The summed E-state index contributed by atoms with van der Waals surface area (Å²) in [5.74, 6) is 1.82. The van der Waals surface area contributed by atoms with Crippen molar-refractivity contribution in [3.05, 3.63) is 34.6 Å². The van der Waals surface area contributed by atoms with Crippen molar-refractivity contribution in [2.45, 2.75) is 50.3 Å². The number of likely N-dealkylation sites (tertiary alicyclic amines) is 1. The molecule has 3 aliphatic rings. The van der Waals surface area contributed by atoms with Crippen LogP contribution >= 0.6 is 11.8 Å². The van der Waals surface area contributed by atoms with Crippen LogP contribution in [0, 0.1) is 18.8 Å². The SMILES string of the molecule is Cc1noc(C(=O)N2CC3CCCCC3C2)c1SC1=CCCC=C1. The second-order valence-electron chi connectivity index (χ2n) is 7.13. The monoisotopic (exact) mass is 344 g/mol. The summed E-state index contributed by atoms with van der Waals surface area (Å²) in [5, 5.41) is 4.07. The maximum Gasteiger partial charge on any atom is 0.293 e. The van der Waals surface area contributed by atoms with Gasteiger partial charge in [-0.2, -0.15) is 0 Å². The van der Waals surface area contributed by atoms with Gasteiger partial charge >= 0.3 is 0 Å². The Balaban J connectivity index is 1.52. The molecule has 2 unspecified atom stereocenters. The van der Waals surface area contributed by atoms with Crippen molar-refractivity contribution >= 4 is 17.7 Å².